The van der Waals surface area contributed by atoms with E-state index >= 15 is 0 Å². The number of benzene rings is 1. The summed E-state index contributed by atoms with van der Waals surface area (Å²) in [5.41, 5.74) is 1.70. The number of fused-ring (bicyclic) bond motifs is 1. The van der Waals surface area contributed by atoms with Crippen LogP contribution in [0.25, 0.3) is 10.9 Å². The molecule has 0 saturated heterocycles. The summed E-state index contributed by atoms with van der Waals surface area (Å²) in [6, 6.07) is 11.8. The van der Waals surface area contributed by atoms with Crippen LogP contribution in [0, 0.1) is 22.7 Å². The number of hydrogen-bond acceptors (Lipinski definition) is 7. The van der Waals surface area contributed by atoms with Crippen LogP contribution >= 0.6 is 0 Å². The topological polar surface area (TPSA) is 107 Å². The summed E-state index contributed by atoms with van der Waals surface area (Å²) in [7, 11) is 0. The molecular weight excluding hydrogens is 366 g/mol. The zero-order valence-electron chi connectivity index (χ0n) is 14.5. The SMILES string of the molecule is N#Cc1cccnc1NCCNc1c(C#N)cnc2ccc(OC(F)F)cc12. The normalized spacial score (nSPS) is 10.3. The number of hydrogen-bond donors (Lipinski definition) is 2. The maximum absolute atomic E-state index is 12.5. The number of pyridine rings is 2. The van der Waals surface area contributed by atoms with Gasteiger partial charge in [-0.25, -0.2) is 4.98 Å². The Kier molecular flexibility index (Phi) is 5.78. The van der Waals surface area contributed by atoms with Gasteiger partial charge in [0.25, 0.3) is 0 Å². The summed E-state index contributed by atoms with van der Waals surface area (Å²) < 4.78 is 29.4. The Hall–Kier alpha value is -3.98. The zero-order valence-corrected chi connectivity index (χ0v) is 14.5. The molecule has 0 spiro atoms. The molecule has 2 heterocycles. The molecule has 0 radical (unpaired) electrons. The van der Waals surface area contributed by atoms with Crippen molar-refractivity contribution in [1.29, 1.82) is 10.5 Å². The first-order valence-electron chi connectivity index (χ1n) is 8.23. The second-order valence-electron chi connectivity index (χ2n) is 5.58. The van der Waals surface area contributed by atoms with Gasteiger partial charge < -0.3 is 15.4 Å². The largest absolute Gasteiger partial charge is 0.435 e. The molecule has 3 aromatic rings. The van der Waals surface area contributed by atoms with E-state index in [4.69, 9.17) is 5.26 Å². The fraction of sp³-hybridized carbons (Fsp3) is 0.158. The Labute approximate surface area is 159 Å². The first-order chi connectivity index (χ1) is 13.6. The Bertz CT molecular complexity index is 1070. The predicted octanol–water partition coefficient (Wildman–Crippen LogP) is 3.50. The molecule has 3 rings (SSSR count). The fourth-order valence-corrected chi connectivity index (χ4v) is 2.63. The van der Waals surface area contributed by atoms with E-state index in [0.29, 0.717) is 41.1 Å². The van der Waals surface area contributed by atoms with Crippen LogP contribution in [0.2, 0.25) is 0 Å². The van der Waals surface area contributed by atoms with Gasteiger partial charge in [-0.15, -0.1) is 0 Å². The molecule has 7 nitrogen and oxygen atoms in total. The number of anilines is 2. The lowest BCUT2D eigenvalue weighted by Crippen LogP contribution is -2.16. The van der Waals surface area contributed by atoms with Gasteiger partial charge in [-0.3, -0.25) is 4.98 Å². The third-order valence-electron chi connectivity index (χ3n) is 3.83. The number of ether oxygens (including phenoxy) is 1. The summed E-state index contributed by atoms with van der Waals surface area (Å²) in [5, 5.41) is 25.1. The Morgan fingerprint density at radius 2 is 1.82 bits per heavy atom. The van der Waals surface area contributed by atoms with Crippen molar-refractivity contribution in [2.45, 2.75) is 6.61 Å². The van der Waals surface area contributed by atoms with E-state index in [1.54, 1.807) is 24.4 Å². The van der Waals surface area contributed by atoms with Crippen molar-refractivity contribution >= 4 is 22.4 Å². The monoisotopic (exact) mass is 380 g/mol. The van der Waals surface area contributed by atoms with Crippen LogP contribution in [0.15, 0.2) is 42.7 Å². The van der Waals surface area contributed by atoms with Gasteiger partial charge in [0.1, 0.15) is 23.7 Å². The van der Waals surface area contributed by atoms with E-state index in [9.17, 15) is 14.0 Å². The molecule has 0 unspecified atom stereocenters. The van der Waals surface area contributed by atoms with Gasteiger partial charge >= 0.3 is 6.61 Å². The molecule has 0 fully saturated rings. The number of aromatic nitrogens is 2. The molecule has 2 aromatic heterocycles. The van der Waals surface area contributed by atoms with E-state index in [2.05, 4.69) is 25.3 Å². The second kappa shape index (κ2) is 8.60. The van der Waals surface area contributed by atoms with Crippen molar-refractivity contribution in [3.05, 3.63) is 53.9 Å². The smallest absolute Gasteiger partial charge is 0.387 e. The van der Waals surface area contributed by atoms with Crippen molar-refractivity contribution in [1.82, 2.24) is 9.97 Å². The lowest BCUT2D eigenvalue weighted by atomic mass is 10.1. The van der Waals surface area contributed by atoms with E-state index in [0.717, 1.165) is 0 Å². The van der Waals surface area contributed by atoms with Crippen LogP contribution in [0.3, 0.4) is 0 Å². The maximum Gasteiger partial charge on any atom is 0.387 e. The van der Waals surface area contributed by atoms with Gasteiger partial charge in [-0.2, -0.15) is 19.3 Å². The molecular formula is C19H14F2N6O. The van der Waals surface area contributed by atoms with E-state index < -0.39 is 6.61 Å². The highest BCUT2D eigenvalue weighted by Crippen LogP contribution is 2.29. The second-order valence-corrected chi connectivity index (χ2v) is 5.58. The number of halogens is 2. The van der Waals surface area contributed by atoms with Crippen LogP contribution in [0.5, 0.6) is 5.75 Å². The summed E-state index contributed by atoms with van der Waals surface area (Å²) in [6.45, 7) is -2.15. The highest BCUT2D eigenvalue weighted by atomic mass is 19.3. The minimum Gasteiger partial charge on any atom is -0.435 e. The average Bonchev–Trinajstić information content (AvgIpc) is 2.70. The van der Waals surface area contributed by atoms with E-state index in [-0.39, 0.29) is 11.3 Å². The van der Waals surface area contributed by atoms with Gasteiger partial charge in [0.2, 0.25) is 0 Å². The van der Waals surface area contributed by atoms with E-state index in [1.807, 2.05) is 12.1 Å². The Morgan fingerprint density at radius 3 is 2.57 bits per heavy atom. The molecule has 0 aliphatic rings. The van der Waals surface area contributed by atoms with Gasteiger partial charge in [0, 0.05) is 30.9 Å². The van der Waals surface area contributed by atoms with Crippen molar-refractivity contribution in [2.75, 3.05) is 23.7 Å². The van der Waals surface area contributed by atoms with E-state index in [1.165, 1.54) is 18.3 Å². The quantitative estimate of drug-likeness (QED) is 0.604. The van der Waals surface area contributed by atoms with Crippen LogP contribution in [0.1, 0.15) is 11.1 Å². The van der Waals surface area contributed by atoms with Crippen LogP contribution < -0.4 is 15.4 Å². The molecule has 0 atom stereocenters. The first kappa shape index (κ1) is 18.8. The molecule has 0 bridgehead atoms. The Balaban J connectivity index is 1.79. The predicted molar refractivity (Wildman–Crippen MR) is 99.0 cm³/mol. The minimum absolute atomic E-state index is 0.0206. The van der Waals surface area contributed by atoms with Gasteiger partial charge in [0.05, 0.1) is 22.3 Å². The van der Waals surface area contributed by atoms with Crippen molar-refractivity contribution in [3.63, 3.8) is 0 Å². The molecule has 0 aliphatic heterocycles. The van der Waals surface area contributed by atoms with Gasteiger partial charge in [0.15, 0.2) is 0 Å². The van der Waals surface area contributed by atoms with Gasteiger partial charge in [-0.1, -0.05) is 0 Å². The molecule has 1 aromatic carbocycles. The van der Waals surface area contributed by atoms with Crippen molar-refractivity contribution < 1.29 is 13.5 Å². The maximum atomic E-state index is 12.5. The summed E-state index contributed by atoms with van der Waals surface area (Å²) in [6.07, 6.45) is 2.99. The lowest BCUT2D eigenvalue weighted by Gasteiger charge is -2.13. The lowest BCUT2D eigenvalue weighted by molar-refractivity contribution is -0.0497. The number of nitrogens with zero attached hydrogens (tertiary/aromatic N) is 4. The standard InChI is InChI=1S/C19H14F2N6O/c20-19(21)28-14-3-4-16-15(8-14)17(13(10-23)11-27-16)24-6-7-26-18-12(9-22)2-1-5-25-18/h1-5,8,11,19H,6-7H2,(H,24,27)(H,25,26). The van der Waals surface area contributed by atoms with Crippen molar-refractivity contribution in [3.8, 4) is 17.9 Å². The number of alkyl halides is 2. The number of nitriles is 2. The van der Waals surface area contributed by atoms with Crippen molar-refractivity contribution in [2.24, 2.45) is 0 Å². The molecule has 0 aliphatic carbocycles. The highest BCUT2D eigenvalue weighted by Gasteiger charge is 2.12. The van der Waals surface area contributed by atoms with Crippen LogP contribution in [-0.2, 0) is 0 Å². The molecule has 28 heavy (non-hydrogen) atoms. The summed E-state index contributed by atoms with van der Waals surface area (Å²) in [5.74, 6) is 0.437. The number of nitrogens with one attached hydrogen (secondary N) is 2. The molecule has 0 amide bonds. The molecule has 9 heteroatoms. The zero-order chi connectivity index (χ0) is 19.9. The average molecular weight is 380 g/mol. The fourth-order valence-electron chi connectivity index (χ4n) is 2.63. The third kappa shape index (κ3) is 4.22. The third-order valence-corrected chi connectivity index (χ3v) is 3.83. The summed E-state index contributed by atoms with van der Waals surface area (Å²) >= 11 is 0. The Morgan fingerprint density at radius 1 is 1.04 bits per heavy atom. The molecule has 140 valence electrons. The molecule has 2 N–H and O–H groups in total. The van der Waals surface area contributed by atoms with Crippen LogP contribution in [-0.4, -0.2) is 29.7 Å². The van der Waals surface area contributed by atoms with Gasteiger partial charge in [-0.05, 0) is 30.3 Å². The summed E-state index contributed by atoms with van der Waals surface area (Å²) in [4.78, 5) is 8.27. The number of rotatable bonds is 7. The van der Waals surface area contributed by atoms with Crippen LogP contribution in [0.4, 0.5) is 20.3 Å². The minimum atomic E-state index is -2.95. The molecule has 0 saturated carbocycles. The highest BCUT2D eigenvalue weighted by molar-refractivity contribution is 5.94. The first-order valence-corrected chi connectivity index (χ1v) is 8.23.